The van der Waals surface area contributed by atoms with Crippen molar-refractivity contribution >= 4 is 33.2 Å². The van der Waals surface area contributed by atoms with Gasteiger partial charge >= 0.3 is 0 Å². The number of amides is 1. The molecule has 0 bridgehead atoms. The van der Waals surface area contributed by atoms with Crippen molar-refractivity contribution in [3.8, 4) is 5.75 Å². The highest BCUT2D eigenvalue weighted by Gasteiger charge is 2.33. The Kier molecular flexibility index (Phi) is 5.75. The zero-order chi connectivity index (χ0) is 23.8. The maximum atomic E-state index is 13.5. The number of rotatable bonds is 5. The predicted octanol–water partition coefficient (Wildman–Crippen LogP) is 4.46. The molecule has 1 aliphatic heterocycles. The average molecular weight is 473 g/mol. The fraction of sp³-hybridized carbons (Fsp3) is 0.231. The number of carbonyl (C=O) groups excluding carboxylic acids is 1. The van der Waals surface area contributed by atoms with Crippen molar-refractivity contribution in [1.29, 1.82) is 0 Å². The average Bonchev–Trinajstić information content (AvgIpc) is 3.43. The van der Waals surface area contributed by atoms with Crippen LogP contribution in [0.15, 0.2) is 70.8 Å². The molecule has 172 valence electrons. The lowest BCUT2D eigenvalue weighted by atomic mass is 9.98. The molecule has 0 saturated carbocycles. The van der Waals surface area contributed by atoms with Gasteiger partial charge in [-0.1, -0.05) is 42.5 Å². The van der Waals surface area contributed by atoms with E-state index in [9.17, 15) is 9.59 Å². The van der Waals surface area contributed by atoms with Gasteiger partial charge in [0, 0.05) is 11.3 Å². The van der Waals surface area contributed by atoms with Crippen molar-refractivity contribution < 1.29 is 9.53 Å². The van der Waals surface area contributed by atoms with Crippen LogP contribution in [0.4, 0.5) is 0 Å². The SMILES string of the molecule is COc1ccc([C@@H]2CC(c3ccccc3)=NN2C(=O)Cn2cnc3sc(C)c(C)c3c2=O)cc1. The number of hydrogen-bond acceptors (Lipinski definition) is 6. The maximum absolute atomic E-state index is 13.5. The van der Waals surface area contributed by atoms with E-state index in [0.717, 1.165) is 33.0 Å². The van der Waals surface area contributed by atoms with Crippen LogP contribution in [0.3, 0.4) is 0 Å². The largest absolute Gasteiger partial charge is 0.497 e. The minimum absolute atomic E-state index is 0.131. The van der Waals surface area contributed by atoms with Gasteiger partial charge < -0.3 is 4.74 Å². The highest BCUT2D eigenvalue weighted by molar-refractivity contribution is 7.18. The normalized spacial score (nSPS) is 15.6. The van der Waals surface area contributed by atoms with Crippen molar-refractivity contribution in [3.63, 3.8) is 0 Å². The van der Waals surface area contributed by atoms with Gasteiger partial charge in [-0.15, -0.1) is 11.3 Å². The third kappa shape index (κ3) is 3.90. The molecule has 7 nitrogen and oxygen atoms in total. The van der Waals surface area contributed by atoms with Crippen LogP contribution in [0, 0.1) is 13.8 Å². The number of nitrogens with zero attached hydrogens (tertiary/aromatic N) is 4. The predicted molar refractivity (Wildman–Crippen MR) is 134 cm³/mol. The standard InChI is InChI=1S/C26H24N4O3S/c1-16-17(2)34-25-24(16)26(32)29(15-27-25)14-23(31)30-22(19-9-11-20(33-3)12-10-19)13-21(28-30)18-7-5-4-6-8-18/h4-12,15,22H,13-14H2,1-3H3/t22-/m0/s1. The Labute approximate surface area is 200 Å². The summed E-state index contributed by atoms with van der Waals surface area (Å²) >= 11 is 1.49. The highest BCUT2D eigenvalue weighted by Crippen LogP contribution is 2.34. The van der Waals surface area contributed by atoms with E-state index in [1.54, 1.807) is 7.11 Å². The Morgan fingerprint density at radius 3 is 2.56 bits per heavy atom. The summed E-state index contributed by atoms with van der Waals surface area (Å²) in [4.78, 5) is 32.8. The van der Waals surface area contributed by atoms with Crippen molar-refractivity contribution in [1.82, 2.24) is 14.6 Å². The van der Waals surface area contributed by atoms with Crippen molar-refractivity contribution in [2.24, 2.45) is 5.10 Å². The van der Waals surface area contributed by atoms with Crippen LogP contribution in [-0.4, -0.2) is 33.3 Å². The molecule has 1 atom stereocenters. The van der Waals surface area contributed by atoms with Crippen LogP contribution in [0.1, 0.15) is 34.0 Å². The summed E-state index contributed by atoms with van der Waals surface area (Å²) in [6.45, 7) is 3.76. The summed E-state index contributed by atoms with van der Waals surface area (Å²) in [5, 5.41) is 6.79. The van der Waals surface area contributed by atoms with Gasteiger partial charge in [-0.2, -0.15) is 5.10 Å². The molecule has 0 N–H and O–H groups in total. The number of hydrogen-bond donors (Lipinski definition) is 0. The maximum Gasteiger partial charge on any atom is 0.263 e. The number of thiophene rings is 1. The first-order valence-electron chi connectivity index (χ1n) is 11.0. The minimum Gasteiger partial charge on any atom is -0.497 e. The van der Waals surface area contributed by atoms with Gasteiger partial charge in [0.15, 0.2) is 0 Å². The van der Waals surface area contributed by atoms with E-state index in [1.165, 1.54) is 27.2 Å². The van der Waals surface area contributed by atoms with E-state index in [0.29, 0.717) is 16.6 Å². The third-order valence-electron chi connectivity index (χ3n) is 6.23. The molecule has 0 aliphatic carbocycles. The summed E-state index contributed by atoms with van der Waals surface area (Å²) in [6, 6.07) is 17.2. The van der Waals surface area contributed by atoms with E-state index >= 15 is 0 Å². The molecule has 0 saturated heterocycles. The van der Waals surface area contributed by atoms with Gasteiger partial charge in [0.25, 0.3) is 11.5 Å². The number of benzene rings is 2. The number of ether oxygens (including phenoxy) is 1. The van der Waals surface area contributed by atoms with Crippen LogP contribution < -0.4 is 10.3 Å². The summed E-state index contributed by atoms with van der Waals surface area (Å²) in [5.74, 6) is 0.482. The van der Waals surface area contributed by atoms with E-state index in [-0.39, 0.29) is 24.1 Å². The van der Waals surface area contributed by atoms with Gasteiger partial charge in [0.2, 0.25) is 0 Å². The summed E-state index contributed by atoms with van der Waals surface area (Å²) in [6.07, 6.45) is 2.04. The molecule has 8 heteroatoms. The lowest BCUT2D eigenvalue weighted by molar-refractivity contribution is -0.133. The first-order valence-corrected chi connectivity index (χ1v) is 11.8. The van der Waals surface area contributed by atoms with Gasteiger partial charge in [0.1, 0.15) is 17.1 Å². The molecular weight excluding hydrogens is 448 g/mol. The van der Waals surface area contributed by atoms with E-state index < -0.39 is 0 Å². The van der Waals surface area contributed by atoms with Crippen LogP contribution in [0.2, 0.25) is 0 Å². The smallest absolute Gasteiger partial charge is 0.263 e. The summed E-state index contributed by atoms with van der Waals surface area (Å²) in [7, 11) is 1.62. The van der Waals surface area contributed by atoms with E-state index in [2.05, 4.69) is 4.98 Å². The summed E-state index contributed by atoms with van der Waals surface area (Å²) < 4.78 is 6.66. The molecule has 5 rings (SSSR count). The molecule has 2 aromatic heterocycles. The molecule has 1 aliphatic rings. The first kappa shape index (κ1) is 22.0. The zero-order valence-corrected chi connectivity index (χ0v) is 20.0. The Morgan fingerprint density at radius 2 is 1.85 bits per heavy atom. The minimum atomic E-state index is -0.272. The molecule has 2 aromatic carbocycles. The fourth-order valence-corrected chi connectivity index (χ4v) is 5.22. The topological polar surface area (TPSA) is 76.8 Å². The Hall–Kier alpha value is -3.78. The number of hydrazone groups is 1. The van der Waals surface area contributed by atoms with Crippen molar-refractivity contribution in [2.75, 3.05) is 7.11 Å². The number of carbonyl (C=O) groups is 1. The van der Waals surface area contributed by atoms with Gasteiger partial charge in [0.05, 0.1) is 30.6 Å². The Morgan fingerprint density at radius 1 is 1.12 bits per heavy atom. The second kappa shape index (κ2) is 8.87. The lowest BCUT2D eigenvalue weighted by Gasteiger charge is -2.22. The molecule has 1 amide bonds. The molecule has 0 radical (unpaired) electrons. The molecule has 0 spiro atoms. The molecule has 3 heterocycles. The molecule has 0 unspecified atom stereocenters. The monoisotopic (exact) mass is 472 g/mol. The number of fused-ring (bicyclic) bond motifs is 1. The number of methoxy groups -OCH3 is 1. The third-order valence-corrected chi connectivity index (χ3v) is 7.35. The van der Waals surface area contributed by atoms with Crippen molar-refractivity contribution in [2.45, 2.75) is 32.9 Å². The van der Waals surface area contributed by atoms with Gasteiger partial charge in [-0.05, 0) is 42.7 Å². The number of aryl methyl sites for hydroxylation is 2. The van der Waals surface area contributed by atoms with Crippen LogP contribution >= 0.6 is 11.3 Å². The van der Waals surface area contributed by atoms with Crippen LogP contribution in [-0.2, 0) is 11.3 Å². The molecule has 4 aromatic rings. The molecule has 0 fully saturated rings. The van der Waals surface area contributed by atoms with E-state index in [1.807, 2.05) is 68.4 Å². The van der Waals surface area contributed by atoms with Gasteiger partial charge in [-0.25, -0.2) is 9.99 Å². The number of aromatic nitrogens is 2. The first-order chi connectivity index (χ1) is 16.5. The highest BCUT2D eigenvalue weighted by atomic mass is 32.1. The van der Waals surface area contributed by atoms with Crippen molar-refractivity contribution in [3.05, 3.63) is 92.8 Å². The lowest BCUT2D eigenvalue weighted by Crippen LogP contribution is -2.34. The Balaban J connectivity index is 1.50. The fourth-order valence-electron chi connectivity index (χ4n) is 4.23. The quantitative estimate of drug-likeness (QED) is 0.430. The molecular formula is C26H24N4O3S. The summed E-state index contributed by atoms with van der Waals surface area (Å²) in [5.41, 5.74) is 3.48. The second-order valence-electron chi connectivity index (χ2n) is 8.29. The Bertz CT molecular complexity index is 1460. The van der Waals surface area contributed by atoms with Gasteiger partial charge in [-0.3, -0.25) is 14.2 Å². The van der Waals surface area contributed by atoms with E-state index in [4.69, 9.17) is 9.84 Å². The van der Waals surface area contributed by atoms with Crippen LogP contribution in [0.25, 0.3) is 10.2 Å². The molecule has 34 heavy (non-hydrogen) atoms. The van der Waals surface area contributed by atoms with Crippen LogP contribution in [0.5, 0.6) is 5.75 Å². The zero-order valence-electron chi connectivity index (χ0n) is 19.2. The second-order valence-corrected chi connectivity index (χ2v) is 9.49.